The molecule has 0 fully saturated rings. The van der Waals surface area contributed by atoms with Crippen molar-refractivity contribution in [2.24, 2.45) is 0 Å². The molecule has 0 N–H and O–H groups in total. The smallest absolute Gasteiger partial charge is 0.0978 e. The molecule has 0 aliphatic rings. The second kappa shape index (κ2) is 10.6. The van der Waals surface area contributed by atoms with Crippen LogP contribution >= 0.6 is 0 Å². The molecule has 222 valence electrons. The Hall–Kier alpha value is -6.38. The summed E-state index contributed by atoms with van der Waals surface area (Å²) in [4.78, 5) is 10.4. The molecule has 2 aromatic heterocycles. The van der Waals surface area contributed by atoms with Gasteiger partial charge in [0, 0.05) is 27.3 Å². The summed E-state index contributed by atoms with van der Waals surface area (Å²) in [6, 6.07) is 60.8. The molecule has 0 radical (unpaired) electrons. The van der Waals surface area contributed by atoms with E-state index in [2.05, 4.69) is 170 Å². The first kappa shape index (κ1) is 26.8. The first-order chi connectivity index (χ1) is 23.8. The SMILES string of the molecule is c1ccc(-c2c3ccccc3nc3c2ccc2ccc(-c4ccc(-c5ccc6c7ccccc7c7ccccc7c6c5)cc4)nc23)cc1. The Labute approximate surface area is 277 Å². The van der Waals surface area contributed by atoms with E-state index >= 15 is 0 Å². The fraction of sp³-hybridized carbons (Fsp3) is 0. The minimum absolute atomic E-state index is 0.922. The number of hydrogen-bond donors (Lipinski definition) is 0. The molecule has 2 nitrogen and oxygen atoms in total. The Morgan fingerprint density at radius 2 is 0.833 bits per heavy atom. The predicted molar refractivity (Wildman–Crippen MR) is 203 cm³/mol. The van der Waals surface area contributed by atoms with Crippen molar-refractivity contribution in [3.05, 3.63) is 170 Å². The fourth-order valence-electron chi connectivity index (χ4n) is 7.53. The number of aromatic nitrogens is 2. The van der Waals surface area contributed by atoms with Crippen molar-refractivity contribution in [3.63, 3.8) is 0 Å². The number of rotatable bonds is 3. The number of pyridine rings is 2. The van der Waals surface area contributed by atoms with Gasteiger partial charge in [-0.1, -0.05) is 152 Å². The van der Waals surface area contributed by atoms with Crippen molar-refractivity contribution in [3.8, 4) is 33.5 Å². The molecular weight excluding hydrogens is 581 g/mol. The Morgan fingerprint density at radius 1 is 0.292 bits per heavy atom. The zero-order valence-electron chi connectivity index (χ0n) is 26.1. The Bertz CT molecular complexity index is 2840. The molecule has 10 aromatic rings. The lowest BCUT2D eigenvalue weighted by Gasteiger charge is -2.13. The maximum Gasteiger partial charge on any atom is 0.0978 e. The molecule has 0 aliphatic carbocycles. The monoisotopic (exact) mass is 608 g/mol. The molecule has 0 spiro atoms. The van der Waals surface area contributed by atoms with Crippen LogP contribution in [-0.2, 0) is 0 Å². The number of para-hydroxylation sites is 1. The van der Waals surface area contributed by atoms with Gasteiger partial charge in [0.15, 0.2) is 0 Å². The highest BCUT2D eigenvalue weighted by Gasteiger charge is 2.15. The molecule has 8 aromatic carbocycles. The highest BCUT2D eigenvalue weighted by atomic mass is 14.8. The van der Waals surface area contributed by atoms with Crippen LogP contribution in [0.1, 0.15) is 0 Å². The van der Waals surface area contributed by atoms with Crippen molar-refractivity contribution in [2.45, 2.75) is 0 Å². The summed E-state index contributed by atoms with van der Waals surface area (Å²) in [5.74, 6) is 0. The molecule has 0 amide bonds. The summed E-state index contributed by atoms with van der Waals surface area (Å²) in [6.07, 6.45) is 0. The predicted octanol–water partition coefficient (Wildman–Crippen LogP) is 12.4. The van der Waals surface area contributed by atoms with Crippen molar-refractivity contribution < 1.29 is 0 Å². The Balaban J connectivity index is 1.10. The lowest BCUT2D eigenvalue weighted by Crippen LogP contribution is -1.93. The summed E-state index contributed by atoms with van der Waals surface area (Å²) in [6.45, 7) is 0. The molecule has 0 saturated carbocycles. The van der Waals surface area contributed by atoms with Gasteiger partial charge >= 0.3 is 0 Å². The van der Waals surface area contributed by atoms with E-state index in [1.54, 1.807) is 0 Å². The normalized spacial score (nSPS) is 11.8. The van der Waals surface area contributed by atoms with Crippen LogP contribution in [0.4, 0.5) is 0 Å². The second-order valence-corrected chi connectivity index (χ2v) is 12.5. The van der Waals surface area contributed by atoms with E-state index in [0.29, 0.717) is 0 Å². The van der Waals surface area contributed by atoms with Crippen LogP contribution in [-0.4, -0.2) is 9.97 Å². The lowest BCUT2D eigenvalue weighted by atomic mass is 9.92. The van der Waals surface area contributed by atoms with Crippen molar-refractivity contribution in [2.75, 3.05) is 0 Å². The lowest BCUT2D eigenvalue weighted by molar-refractivity contribution is 1.39. The number of nitrogens with zero attached hydrogens (tertiary/aromatic N) is 2. The van der Waals surface area contributed by atoms with Crippen molar-refractivity contribution in [1.29, 1.82) is 0 Å². The van der Waals surface area contributed by atoms with E-state index in [0.717, 1.165) is 44.0 Å². The molecule has 0 atom stereocenters. The van der Waals surface area contributed by atoms with Gasteiger partial charge in [0.1, 0.15) is 0 Å². The largest absolute Gasteiger partial charge is 0.245 e. The highest BCUT2D eigenvalue weighted by Crippen LogP contribution is 2.39. The van der Waals surface area contributed by atoms with Crippen LogP contribution < -0.4 is 0 Å². The number of fused-ring (bicyclic) bond motifs is 10. The Kier molecular flexibility index (Phi) is 5.91. The van der Waals surface area contributed by atoms with Crippen molar-refractivity contribution in [1.82, 2.24) is 9.97 Å². The first-order valence-electron chi connectivity index (χ1n) is 16.4. The van der Waals surface area contributed by atoms with E-state index in [1.165, 1.54) is 54.6 Å². The molecule has 0 unspecified atom stereocenters. The second-order valence-electron chi connectivity index (χ2n) is 12.5. The van der Waals surface area contributed by atoms with Crippen LogP contribution in [0, 0.1) is 0 Å². The van der Waals surface area contributed by atoms with Crippen molar-refractivity contribution >= 4 is 65.0 Å². The standard InChI is InChI=1S/C46H28N2/c1-2-10-31(11-3-1)44-39-16-8-9-17-43(39)48-46-40(44)26-22-32-24-27-42(47-45(32)46)30-20-18-29(19-21-30)33-23-25-38-36-14-5-4-12-34(36)35-13-6-7-15-37(35)41(38)28-33/h1-28H. The average Bonchev–Trinajstić information content (AvgIpc) is 3.17. The fourth-order valence-corrected chi connectivity index (χ4v) is 7.53. The van der Waals surface area contributed by atoms with E-state index in [4.69, 9.17) is 9.97 Å². The minimum atomic E-state index is 0.922. The third-order valence-corrected chi connectivity index (χ3v) is 9.83. The minimum Gasteiger partial charge on any atom is -0.245 e. The molecule has 2 heteroatoms. The average molecular weight is 609 g/mol. The van der Waals surface area contributed by atoms with E-state index in [-0.39, 0.29) is 0 Å². The topological polar surface area (TPSA) is 25.8 Å². The highest BCUT2D eigenvalue weighted by molar-refractivity contribution is 6.25. The molecule has 0 bridgehead atoms. The molecule has 0 aliphatic heterocycles. The number of hydrogen-bond acceptors (Lipinski definition) is 2. The van der Waals surface area contributed by atoms with Gasteiger partial charge in [0.25, 0.3) is 0 Å². The van der Waals surface area contributed by atoms with Gasteiger partial charge in [-0.05, 0) is 67.2 Å². The van der Waals surface area contributed by atoms with E-state index in [1.807, 2.05) is 0 Å². The van der Waals surface area contributed by atoms with Crippen LogP contribution in [0.15, 0.2) is 170 Å². The van der Waals surface area contributed by atoms with Gasteiger partial charge in [0.05, 0.1) is 22.2 Å². The van der Waals surface area contributed by atoms with Gasteiger partial charge < -0.3 is 0 Å². The maximum absolute atomic E-state index is 5.26. The first-order valence-corrected chi connectivity index (χ1v) is 16.4. The third kappa shape index (κ3) is 4.13. The van der Waals surface area contributed by atoms with Crippen LogP contribution in [0.5, 0.6) is 0 Å². The zero-order valence-corrected chi connectivity index (χ0v) is 26.1. The Morgan fingerprint density at radius 3 is 1.56 bits per heavy atom. The van der Waals surface area contributed by atoms with Gasteiger partial charge in [0.2, 0.25) is 0 Å². The summed E-state index contributed by atoms with van der Waals surface area (Å²) in [5.41, 5.74) is 9.62. The van der Waals surface area contributed by atoms with Crippen LogP contribution in [0.3, 0.4) is 0 Å². The van der Waals surface area contributed by atoms with Crippen LogP contribution in [0.25, 0.3) is 98.5 Å². The summed E-state index contributed by atoms with van der Waals surface area (Å²) in [5, 5.41) is 11.1. The summed E-state index contributed by atoms with van der Waals surface area (Å²) < 4.78 is 0. The molecular formula is C46H28N2. The quantitative estimate of drug-likeness (QED) is 0.147. The summed E-state index contributed by atoms with van der Waals surface area (Å²) >= 11 is 0. The maximum atomic E-state index is 5.26. The molecule has 10 rings (SSSR count). The zero-order chi connectivity index (χ0) is 31.6. The molecule has 48 heavy (non-hydrogen) atoms. The van der Waals surface area contributed by atoms with Crippen LogP contribution in [0.2, 0.25) is 0 Å². The van der Waals surface area contributed by atoms with Gasteiger partial charge in [-0.3, -0.25) is 0 Å². The molecule has 2 heterocycles. The summed E-state index contributed by atoms with van der Waals surface area (Å²) in [7, 11) is 0. The van der Waals surface area contributed by atoms with E-state index in [9.17, 15) is 0 Å². The third-order valence-electron chi connectivity index (χ3n) is 9.83. The van der Waals surface area contributed by atoms with E-state index < -0.39 is 0 Å². The van der Waals surface area contributed by atoms with Gasteiger partial charge in [-0.15, -0.1) is 0 Å². The number of benzene rings is 8. The molecule has 0 saturated heterocycles. The van der Waals surface area contributed by atoms with Gasteiger partial charge in [-0.25, -0.2) is 9.97 Å². The van der Waals surface area contributed by atoms with Gasteiger partial charge in [-0.2, -0.15) is 0 Å².